The molecule has 2 rings (SSSR count). The molecule has 0 saturated heterocycles. The zero-order chi connectivity index (χ0) is 22.1. The SMILES string of the molecule is CCOC(=O)CNc1cc(Br)ccc1CCNS(=O)(=O)c1cc(C#N)ccc1OC. The number of anilines is 1. The number of nitrogens with zero attached hydrogens (tertiary/aromatic N) is 1. The molecule has 0 aliphatic rings. The fourth-order valence-electron chi connectivity index (χ4n) is 2.66. The highest BCUT2D eigenvalue weighted by Crippen LogP contribution is 2.25. The summed E-state index contributed by atoms with van der Waals surface area (Å²) in [5, 5.41) is 12.1. The third kappa shape index (κ3) is 6.45. The number of nitriles is 1. The number of esters is 1. The Morgan fingerprint density at radius 2 is 2.00 bits per heavy atom. The summed E-state index contributed by atoms with van der Waals surface area (Å²) in [6.45, 7) is 2.14. The van der Waals surface area contributed by atoms with Crippen LogP contribution in [0.5, 0.6) is 5.75 Å². The predicted octanol–water partition coefficient (Wildman–Crippen LogP) is 2.83. The number of hydrogen-bond acceptors (Lipinski definition) is 7. The van der Waals surface area contributed by atoms with Crippen molar-refractivity contribution in [1.82, 2.24) is 4.72 Å². The van der Waals surface area contributed by atoms with E-state index in [0.717, 1.165) is 10.0 Å². The smallest absolute Gasteiger partial charge is 0.325 e. The van der Waals surface area contributed by atoms with Crippen LogP contribution in [0.2, 0.25) is 0 Å². The molecule has 0 fully saturated rings. The van der Waals surface area contributed by atoms with Crippen LogP contribution < -0.4 is 14.8 Å². The third-order valence-corrected chi connectivity index (χ3v) is 6.04. The van der Waals surface area contributed by atoms with Crippen LogP contribution in [0, 0.1) is 11.3 Å². The Labute approximate surface area is 184 Å². The minimum atomic E-state index is -3.89. The van der Waals surface area contributed by atoms with E-state index in [2.05, 4.69) is 26.0 Å². The number of ether oxygens (including phenoxy) is 2. The fraction of sp³-hybridized carbons (Fsp3) is 0.300. The molecule has 0 amide bonds. The first-order chi connectivity index (χ1) is 14.3. The summed E-state index contributed by atoms with van der Waals surface area (Å²) in [5.41, 5.74) is 1.73. The maximum Gasteiger partial charge on any atom is 0.325 e. The van der Waals surface area contributed by atoms with E-state index < -0.39 is 10.0 Å². The minimum Gasteiger partial charge on any atom is -0.495 e. The number of carbonyl (C=O) groups is 1. The van der Waals surface area contributed by atoms with Gasteiger partial charge in [-0.25, -0.2) is 13.1 Å². The Morgan fingerprint density at radius 3 is 2.67 bits per heavy atom. The summed E-state index contributed by atoms with van der Waals surface area (Å²) in [6, 6.07) is 11.6. The Bertz CT molecular complexity index is 1050. The van der Waals surface area contributed by atoms with Crippen molar-refractivity contribution in [3.05, 3.63) is 52.0 Å². The quantitative estimate of drug-likeness (QED) is 0.486. The first-order valence-electron chi connectivity index (χ1n) is 9.06. The second-order valence-electron chi connectivity index (χ2n) is 6.09. The standard InChI is InChI=1S/C20H22BrN3O5S/c1-3-29-20(25)13-23-17-11-16(21)6-5-15(17)8-9-24-30(26,27)19-10-14(12-22)4-7-18(19)28-2/h4-7,10-11,23-24H,3,8-9,13H2,1-2H3. The molecule has 8 nitrogen and oxygen atoms in total. The number of nitrogens with one attached hydrogen (secondary N) is 2. The van der Waals surface area contributed by atoms with Crippen molar-refractivity contribution in [3.63, 3.8) is 0 Å². The zero-order valence-corrected chi connectivity index (χ0v) is 19.0. The number of carbonyl (C=O) groups excluding carboxylic acids is 1. The second-order valence-corrected chi connectivity index (χ2v) is 8.74. The lowest BCUT2D eigenvalue weighted by atomic mass is 10.1. The van der Waals surface area contributed by atoms with E-state index in [9.17, 15) is 13.2 Å². The van der Waals surface area contributed by atoms with Gasteiger partial charge in [-0.15, -0.1) is 0 Å². The van der Waals surface area contributed by atoms with Crippen LogP contribution in [0.15, 0.2) is 45.8 Å². The number of hydrogen-bond donors (Lipinski definition) is 2. The lowest BCUT2D eigenvalue weighted by Crippen LogP contribution is -2.27. The van der Waals surface area contributed by atoms with Gasteiger partial charge in [-0.1, -0.05) is 22.0 Å². The topological polar surface area (TPSA) is 118 Å². The molecule has 2 aromatic rings. The highest BCUT2D eigenvalue weighted by Gasteiger charge is 2.20. The van der Waals surface area contributed by atoms with Crippen LogP contribution in [0.1, 0.15) is 18.1 Å². The minimum absolute atomic E-state index is 0.00116. The van der Waals surface area contributed by atoms with E-state index in [-0.39, 0.29) is 35.3 Å². The van der Waals surface area contributed by atoms with Crippen LogP contribution in [-0.2, 0) is 26.0 Å². The number of rotatable bonds is 10. The summed E-state index contributed by atoms with van der Waals surface area (Å²) in [4.78, 5) is 11.5. The monoisotopic (exact) mass is 495 g/mol. The summed E-state index contributed by atoms with van der Waals surface area (Å²) in [7, 11) is -2.52. The van der Waals surface area contributed by atoms with E-state index in [1.807, 2.05) is 24.3 Å². The van der Waals surface area contributed by atoms with Gasteiger partial charge in [-0.2, -0.15) is 5.26 Å². The summed E-state index contributed by atoms with van der Waals surface area (Å²) < 4.78 is 38.8. The van der Waals surface area contributed by atoms with E-state index in [1.165, 1.54) is 25.3 Å². The Hall–Kier alpha value is -2.61. The second kappa shape index (κ2) is 11.0. The highest BCUT2D eigenvalue weighted by atomic mass is 79.9. The first kappa shape index (κ1) is 23.7. The van der Waals surface area contributed by atoms with Crippen molar-refractivity contribution >= 4 is 37.6 Å². The Balaban J connectivity index is 2.11. The van der Waals surface area contributed by atoms with Crippen molar-refractivity contribution in [3.8, 4) is 11.8 Å². The van der Waals surface area contributed by atoms with Gasteiger partial charge in [0.05, 0.1) is 25.3 Å². The van der Waals surface area contributed by atoms with Gasteiger partial charge in [-0.05, 0) is 49.2 Å². The number of sulfonamides is 1. The molecular formula is C20H22BrN3O5S. The van der Waals surface area contributed by atoms with Gasteiger partial charge < -0.3 is 14.8 Å². The average Bonchev–Trinajstić information content (AvgIpc) is 2.73. The van der Waals surface area contributed by atoms with E-state index >= 15 is 0 Å². The molecule has 2 aromatic carbocycles. The molecular weight excluding hydrogens is 474 g/mol. The molecule has 2 N–H and O–H groups in total. The lowest BCUT2D eigenvalue weighted by Gasteiger charge is -2.14. The van der Waals surface area contributed by atoms with Gasteiger partial charge in [0.15, 0.2) is 0 Å². The summed E-state index contributed by atoms with van der Waals surface area (Å²) in [6.07, 6.45) is 0.373. The van der Waals surface area contributed by atoms with Crippen molar-refractivity contribution in [1.29, 1.82) is 5.26 Å². The van der Waals surface area contributed by atoms with E-state index in [1.54, 1.807) is 6.92 Å². The van der Waals surface area contributed by atoms with E-state index in [4.69, 9.17) is 14.7 Å². The maximum absolute atomic E-state index is 12.7. The van der Waals surface area contributed by atoms with Gasteiger partial charge in [0, 0.05) is 16.7 Å². The Morgan fingerprint density at radius 1 is 1.23 bits per heavy atom. The van der Waals surface area contributed by atoms with Crippen molar-refractivity contribution in [2.75, 3.05) is 32.1 Å². The maximum atomic E-state index is 12.7. The molecule has 0 saturated carbocycles. The van der Waals surface area contributed by atoms with E-state index in [0.29, 0.717) is 18.7 Å². The molecule has 0 aliphatic carbocycles. The Kier molecular flexibility index (Phi) is 8.65. The van der Waals surface area contributed by atoms with Crippen molar-refractivity contribution in [2.24, 2.45) is 0 Å². The van der Waals surface area contributed by atoms with Crippen molar-refractivity contribution < 1.29 is 22.7 Å². The molecule has 0 unspecified atom stereocenters. The molecule has 0 aromatic heterocycles. The van der Waals surface area contributed by atoms with Crippen molar-refractivity contribution in [2.45, 2.75) is 18.2 Å². The van der Waals surface area contributed by atoms with Gasteiger partial charge in [0.2, 0.25) is 10.0 Å². The molecule has 0 radical (unpaired) electrons. The van der Waals surface area contributed by atoms with Gasteiger partial charge >= 0.3 is 5.97 Å². The molecule has 0 aliphatic heterocycles. The normalized spacial score (nSPS) is 10.9. The first-order valence-corrected chi connectivity index (χ1v) is 11.3. The average molecular weight is 496 g/mol. The van der Waals surface area contributed by atoms with Crippen LogP contribution in [0.4, 0.5) is 5.69 Å². The molecule has 0 heterocycles. The number of halogens is 1. The van der Waals surface area contributed by atoms with Gasteiger partial charge in [0.1, 0.15) is 17.2 Å². The molecule has 0 spiro atoms. The fourth-order valence-corrected chi connectivity index (χ4v) is 4.25. The third-order valence-electron chi connectivity index (χ3n) is 4.07. The highest BCUT2D eigenvalue weighted by molar-refractivity contribution is 9.10. The number of methoxy groups -OCH3 is 1. The zero-order valence-electron chi connectivity index (χ0n) is 16.6. The molecule has 10 heteroatoms. The summed E-state index contributed by atoms with van der Waals surface area (Å²) >= 11 is 3.39. The molecule has 0 bridgehead atoms. The lowest BCUT2D eigenvalue weighted by molar-refractivity contribution is -0.140. The van der Waals surface area contributed by atoms with Gasteiger partial charge in [0.25, 0.3) is 0 Å². The van der Waals surface area contributed by atoms with Gasteiger partial charge in [-0.3, -0.25) is 4.79 Å². The largest absolute Gasteiger partial charge is 0.495 e. The number of benzene rings is 2. The van der Waals surface area contributed by atoms with Crippen LogP contribution in [-0.4, -0.2) is 41.2 Å². The van der Waals surface area contributed by atoms with Crippen LogP contribution >= 0.6 is 15.9 Å². The molecule has 0 atom stereocenters. The predicted molar refractivity (Wildman–Crippen MR) is 116 cm³/mol. The molecule has 160 valence electrons. The van der Waals surface area contributed by atoms with Crippen LogP contribution in [0.25, 0.3) is 0 Å². The molecule has 30 heavy (non-hydrogen) atoms. The van der Waals surface area contributed by atoms with Crippen LogP contribution in [0.3, 0.4) is 0 Å². The summed E-state index contributed by atoms with van der Waals surface area (Å²) in [5.74, 6) is -0.226.